The molecule has 1 atom stereocenters. The summed E-state index contributed by atoms with van der Waals surface area (Å²) in [5.74, 6) is 0.272. The molecule has 5 heteroatoms. The summed E-state index contributed by atoms with van der Waals surface area (Å²) in [5, 5.41) is 3.59. The minimum absolute atomic E-state index is 0.161. The normalized spacial score (nSPS) is 27.5. The van der Waals surface area contributed by atoms with Crippen LogP contribution in [0.4, 0.5) is 0 Å². The summed E-state index contributed by atoms with van der Waals surface area (Å²) in [6.45, 7) is 2.41. The summed E-state index contributed by atoms with van der Waals surface area (Å²) in [6, 6.07) is 1.02. The van der Waals surface area contributed by atoms with E-state index in [1.165, 1.54) is 12.8 Å². The number of ether oxygens (including phenoxy) is 1. The number of primary amides is 1. The molecule has 0 aromatic heterocycles. The second kappa shape index (κ2) is 5.62. The molecule has 2 saturated carbocycles. The molecule has 0 aromatic carbocycles. The second-order valence-electron chi connectivity index (χ2n) is 6.79. The van der Waals surface area contributed by atoms with E-state index in [0.717, 1.165) is 45.4 Å². The third kappa shape index (κ3) is 3.00. The first kappa shape index (κ1) is 14.3. The molecule has 1 heterocycles. The van der Waals surface area contributed by atoms with Crippen molar-refractivity contribution in [3.63, 3.8) is 0 Å². The first-order chi connectivity index (χ1) is 9.62. The molecule has 1 saturated heterocycles. The van der Waals surface area contributed by atoms with Crippen molar-refractivity contribution >= 4 is 5.91 Å². The fraction of sp³-hybridized carbons (Fsp3) is 0.933. The Kier molecular flexibility index (Phi) is 4.02. The molecular formula is C15H27N3O2. The Labute approximate surface area is 121 Å². The SMILES string of the molecule is CN(CC(NC1CC1)(C(N)=O)C1CC1)C1CCOCC1. The molecule has 3 N–H and O–H groups in total. The highest BCUT2D eigenvalue weighted by Crippen LogP contribution is 2.42. The summed E-state index contributed by atoms with van der Waals surface area (Å²) in [4.78, 5) is 14.5. The molecule has 2 aliphatic carbocycles. The number of amides is 1. The van der Waals surface area contributed by atoms with Gasteiger partial charge < -0.3 is 15.4 Å². The van der Waals surface area contributed by atoms with Gasteiger partial charge in [-0.2, -0.15) is 0 Å². The van der Waals surface area contributed by atoms with Crippen LogP contribution < -0.4 is 11.1 Å². The van der Waals surface area contributed by atoms with E-state index in [1.807, 2.05) is 0 Å². The molecule has 0 spiro atoms. The van der Waals surface area contributed by atoms with Gasteiger partial charge in [0.25, 0.3) is 0 Å². The van der Waals surface area contributed by atoms with Gasteiger partial charge in [0.2, 0.25) is 5.91 Å². The van der Waals surface area contributed by atoms with Crippen molar-refractivity contribution in [2.75, 3.05) is 26.8 Å². The fourth-order valence-electron chi connectivity index (χ4n) is 3.46. The van der Waals surface area contributed by atoms with Crippen molar-refractivity contribution < 1.29 is 9.53 Å². The minimum atomic E-state index is -0.506. The maximum atomic E-state index is 12.2. The predicted molar refractivity (Wildman–Crippen MR) is 77.3 cm³/mol. The average Bonchev–Trinajstić information content (AvgIpc) is 3.31. The van der Waals surface area contributed by atoms with Crippen molar-refractivity contribution in [3.05, 3.63) is 0 Å². The van der Waals surface area contributed by atoms with Crippen LogP contribution in [0.25, 0.3) is 0 Å². The number of nitrogens with one attached hydrogen (secondary N) is 1. The number of nitrogens with zero attached hydrogens (tertiary/aromatic N) is 1. The zero-order valence-corrected chi connectivity index (χ0v) is 12.4. The number of carbonyl (C=O) groups excluding carboxylic acids is 1. The molecule has 20 heavy (non-hydrogen) atoms. The summed E-state index contributed by atoms with van der Waals surface area (Å²) >= 11 is 0. The summed E-state index contributed by atoms with van der Waals surface area (Å²) in [6.07, 6.45) is 6.74. The first-order valence-corrected chi connectivity index (χ1v) is 7.97. The predicted octanol–water partition coefficient (Wildman–Crippen LogP) is 0.483. The second-order valence-corrected chi connectivity index (χ2v) is 6.79. The number of rotatable bonds is 7. The lowest BCUT2D eigenvalue weighted by atomic mass is 9.90. The number of nitrogens with two attached hydrogens (primary N) is 1. The zero-order valence-electron chi connectivity index (χ0n) is 12.4. The van der Waals surface area contributed by atoms with E-state index in [1.54, 1.807) is 0 Å². The Morgan fingerprint density at radius 1 is 1.25 bits per heavy atom. The summed E-state index contributed by atoms with van der Waals surface area (Å²) < 4.78 is 5.43. The topological polar surface area (TPSA) is 67.6 Å². The standard InChI is InChI=1S/C15H27N3O2/c1-18(13-6-8-20-9-7-13)10-15(14(16)19,11-2-3-11)17-12-4-5-12/h11-13,17H,2-10H2,1H3,(H2,16,19). The maximum absolute atomic E-state index is 12.2. The van der Waals surface area contributed by atoms with E-state index < -0.39 is 5.54 Å². The molecule has 0 radical (unpaired) electrons. The van der Waals surface area contributed by atoms with Crippen LogP contribution in [0.5, 0.6) is 0 Å². The maximum Gasteiger partial charge on any atom is 0.239 e. The van der Waals surface area contributed by atoms with Gasteiger partial charge in [0.1, 0.15) is 5.54 Å². The van der Waals surface area contributed by atoms with Crippen molar-refractivity contribution in [1.29, 1.82) is 0 Å². The van der Waals surface area contributed by atoms with E-state index >= 15 is 0 Å². The molecule has 3 rings (SSSR count). The van der Waals surface area contributed by atoms with Crippen LogP contribution in [-0.2, 0) is 9.53 Å². The van der Waals surface area contributed by atoms with E-state index in [9.17, 15) is 4.79 Å². The molecule has 1 aliphatic heterocycles. The molecule has 114 valence electrons. The highest BCUT2D eigenvalue weighted by molar-refractivity contribution is 5.86. The number of likely N-dealkylation sites (N-methyl/N-ethyl adjacent to an activating group) is 1. The van der Waals surface area contributed by atoms with E-state index in [-0.39, 0.29) is 5.91 Å². The van der Waals surface area contributed by atoms with Crippen LogP contribution in [0.2, 0.25) is 0 Å². The lowest BCUT2D eigenvalue weighted by Crippen LogP contribution is -2.64. The van der Waals surface area contributed by atoms with E-state index in [4.69, 9.17) is 10.5 Å². The largest absolute Gasteiger partial charge is 0.381 e. The molecule has 1 unspecified atom stereocenters. The number of hydrogen-bond acceptors (Lipinski definition) is 4. The van der Waals surface area contributed by atoms with Crippen LogP contribution >= 0.6 is 0 Å². The lowest BCUT2D eigenvalue weighted by Gasteiger charge is -2.40. The number of carbonyl (C=O) groups is 1. The van der Waals surface area contributed by atoms with Gasteiger partial charge in [-0.1, -0.05) is 0 Å². The molecule has 3 fully saturated rings. The van der Waals surface area contributed by atoms with Crippen molar-refractivity contribution in [1.82, 2.24) is 10.2 Å². The van der Waals surface area contributed by atoms with Crippen LogP contribution in [0.15, 0.2) is 0 Å². The summed E-state index contributed by atoms with van der Waals surface area (Å²) in [7, 11) is 2.13. The molecule has 5 nitrogen and oxygen atoms in total. The third-order valence-electron chi connectivity index (χ3n) is 5.07. The van der Waals surface area contributed by atoms with Gasteiger partial charge in [-0.15, -0.1) is 0 Å². The molecule has 3 aliphatic rings. The molecule has 0 aromatic rings. The van der Waals surface area contributed by atoms with Gasteiger partial charge in [-0.25, -0.2) is 0 Å². The Hall–Kier alpha value is -0.650. The highest BCUT2D eigenvalue weighted by atomic mass is 16.5. The Morgan fingerprint density at radius 2 is 1.90 bits per heavy atom. The van der Waals surface area contributed by atoms with E-state index in [0.29, 0.717) is 18.0 Å². The lowest BCUT2D eigenvalue weighted by molar-refractivity contribution is -0.126. The monoisotopic (exact) mass is 281 g/mol. The summed E-state index contributed by atoms with van der Waals surface area (Å²) in [5.41, 5.74) is 5.31. The Balaban J connectivity index is 1.69. The van der Waals surface area contributed by atoms with Gasteiger partial charge in [-0.3, -0.25) is 10.1 Å². The van der Waals surface area contributed by atoms with Crippen molar-refractivity contribution in [2.24, 2.45) is 11.7 Å². The number of hydrogen-bond donors (Lipinski definition) is 2. The van der Waals surface area contributed by atoms with Gasteiger partial charge in [-0.05, 0) is 51.5 Å². The van der Waals surface area contributed by atoms with E-state index in [2.05, 4.69) is 17.3 Å². The quantitative estimate of drug-likeness (QED) is 0.712. The molecule has 1 amide bonds. The van der Waals surface area contributed by atoms with Gasteiger partial charge in [0, 0.05) is 31.8 Å². The van der Waals surface area contributed by atoms with Crippen molar-refractivity contribution in [3.8, 4) is 0 Å². The minimum Gasteiger partial charge on any atom is -0.381 e. The highest BCUT2D eigenvalue weighted by Gasteiger charge is 2.52. The van der Waals surface area contributed by atoms with Crippen LogP contribution in [0.3, 0.4) is 0 Å². The molecular weight excluding hydrogens is 254 g/mol. The molecule has 0 bridgehead atoms. The smallest absolute Gasteiger partial charge is 0.239 e. The van der Waals surface area contributed by atoms with Gasteiger partial charge in [0.05, 0.1) is 0 Å². The Morgan fingerprint density at radius 3 is 2.40 bits per heavy atom. The van der Waals surface area contributed by atoms with Crippen LogP contribution in [0, 0.1) is 5.92 Å². The first-order valence-electron chi connectivity index (χ1n) is 7.97. The van der Waals surface area contributed by atoms with Gasteiger partial charge in [0.15, 0.2) is 0 Å². The average molecular weight is 281 g/mol. The Bertz CT molecular complexity index is 362. The third-order valence-corrected chi connectivity index (χ3v) is 5.07. The fourth-order valence-corrected chi connectivity index (χ4v) is 3.46. The zero-order chi connectivity index (χ0) is 14.2. The van der Waals surface area contributed by atoms with Crippen LogP contribution in [-0.4, -0.2) is 55.2 Å². The van der Waals surface area contributed by atoms with Gasteiger partial charge >= 0.3 is 0 Å². The van der Waals surface area contributed by atoms with Crippen LogP contribution in [0.1, 0.15) is 38.5 Å². The van der Waals surface area contributed by atoms with Crippen molar-refractivity contribution in [2.45, 2.75) is 56.1 Å².